The molecule has 10 heteroatoms. The predicted octanol–water partition coefficient (Wildman–Crippen LogP) is 4.55. The predicted molar refractivity (Wildman–Crippen MR) is 54.3 cm³/mol. The van der Waals surface area contributed by atoms with Crippen LogP contribution in [0.4, 0.5) is 39.5 Å². The van der Waals surface area contributed by atoms with Gasteiger partial charge in [0.2, 0.25) is 0 Å². The molecule has 0 amide bonds. The Bertz CT molecular complexity index is 466. The quantitative estimate of drug-likeness (QED) is 0.787. The zero-order chi connectivity index (χ0) is 16.6. The minimum Gasteiger partial charge on any atom is -0.306 e. The first-order valence-electron chi connectivity index (χ1n) is 5.30. The fraction of sp³-hybridized carbons (Fsp3) is 0.455. The van der Waals surface area contributed by atoms with Crippen LogP contribution in [0.3, 0.4) is 0 Å². The summed E-state index contributed by atoms with van der Waals surface area (Å²) in [7, 11) is 0.783. The van der Waals surface area contributed by atoms with E-state index in [1.54, 1.807) is 5.32 Å². The van der Waals surface area contributed by atoms with Crippen LogP contribution in [0, 0.1) is 0 Å². The maximum atomic E-state index is 12.6. The zero-order valence-corrected chi connectivity index (χ0v) is 10.2. The molecule has 0 bridgehead atoms. The van der Waals surface area contributed by atoms with Crippen LogP contribution in [0.5, 0.6) is 0 Å². The number of halogens is 9. The Kier molecular flexibility index (Phi) is 4.52. The first kappa shape index (κ1) is 17.6. The highest BCUT2D eigenvalue weighted by molar-refractivity contribution is 5.35. The fourth-order valence-electron chi connectivity index (χ4n) is 1.66. The summed E-state index contributed by atoms with van der Waals surface area (Å²) in [5.74, 6) is 0. The van der Waals surface area contributed by atoms with Crippen molar-refractivity contribution >= 4 is 0 Å². The van der Waals surface area contributed by atoms with Crippen molar-refractivity contribution < 1.29 is 39.5 Å². The van der Waals surface area contributed by atoms with Crippen molar-refractivity contribution in [2.45, 2.75) is 24.6 Å². The number of benzene rings is 1. The molecule has 1 aromatic rings. The topological polar surface area (TPSA) is 12.0 Å². The molecule has 0 radical (unpaired) electrons. The maximum Gasteiger partial charge on any atom is 0.416 e. The molecule has 1 aromatic carbocycles. The van der Waals surface area contributed by atoms with Crippen LogP contribution in [0.15, 0.2) is 18.2 Å². The van der Waals surface area contributed by atoms with Gasteiger partial charge in [-0.2, -0.15) is 39.5 Å². The fourth-order valence-corrected chi connectivity index (χ4v) is 1.66. The smallest absolute Gasteiger partial charge is 0.306 e. The van der Waals surface area contributed by atoms with E-state index in [9.17, 15) is 39.5 Å². The summed E-state index contributed by atoms with van der Waals surface area (Å²) in [6.45, 7) is 0. The average Bonchev–Trinajstić information content (AvgIpc) is 2.25. The van der Waals surface area contributed by atoms with E-state index in [1.165, 1.54) is 0 Å². The van der Waals surface area contributed by atoms with Gasteiger partial charge in [0.25, 0.3) is 0 Å². The standard InChI is InChI=1S/C11H8F9N/c1-21-8(11(18,19)20)5-2-6(9(12,13)14)4-7(3-5)10(15,16)17/h2-4,8,21H,1H3. The van der Waals surface area contributed by atoms with E-state index in [-0.39, 0.29) is 18.2 Å². The normalized spacial score (nSPS) is 15.1. The Morgan fingerprint density at radius 1 is 0.762 bits per heavy atom. The molecular formula is C11H8F9N. The first-order valence-corrected chi connectivity index (χ1v) is 5.30. The Balaban J connectivity index is 3.52. The number of nitrogens with one attached hydrogen (secondary N) is 1. The average molecular weight is 325 g/mol. The van der Waals surface area contributed by atoms with Crippen LogP contribution in [0.2, 0.25) is 0 Å². The van der Waals surface area contributed by atoms with Crippen LogP contribution in [-0.4, -0.2) is 13.2 Å². The summed E-state index contributed by atoms with van der Waals surface area (Å²) in [5, 5.41) is 1.66. The Labute approximate surface area is 112 Å². The van der Waals surface area contributed by atoms with E-state index in [1.807, 2.05) is 0 Å². The Morgan fingerprint density at radius 3 is 1.38 bits per heavy atom. The Hall–Kier alpha value is -1.45. The molecular weight excluding hydrogens is 317 g/mol. The molecule has 0 heterocycles. The van der Waals surface area contributed by atoms with Gasteiger partial charge in [-0.15, -0.1) is 0 Å². The second kappa shape index (κ2) is 5.39. The molecule has 1 nitrogen and oxygen atoms in total. The summed E-state index contributed by atoms with van der Waals surface area (Å²) >= 11 is 0. The summed E-state index contributed by atoms with van der Waals surface area (Å²) < 4.78 is 113. The molecule has 1 atom stereocenters. The van der Waals surface area contributed by atoms with Gasteiger partial charge in [-0.05, 0) is 30.8 Å². The van der Waals surface area contributed by atoms with Gasteiger partial charge in [-0.3, -0.25) is 0 Å². The van der Waals surface area contributed by atoms with Gasteiger partial charge in [0.15, 0.2) is 0 Å². The molecule has 0 saturated carbocycles. The van der Waals surface area contributed by atoms with Crippen molar-refractivity contribution in [2.75, 3.05) is 7.05 Å². The van der Waals surface area contributed by atoms with E-state index < -0.39 is 41.3 Å². The summed E-state index contributed by atoms with van der Waals surface area (Å²) in [6.07, 6.45) is -15.4. The van der Waals surface area contributed by atoms with Crippen molar-refractivity contribution in [3.05, 3.63) is 34.9 Å². The lowest BCUT2D eigenvalue weighted by Gasteiger charge is -2.22. The lowest BCUT2D eigenvalue weighted by Crippen LogP contribution is -2.32. The molecule has 0 saturated heterocycles. The molecule has 0 spiro atoms. The molecule has 0 aliphatic heterocycles. The van der Waals surface area contributed by atoms with Gasteiger partial charge < -0.3 is 5.32 Å². The molecule has 1 unspecified atom stereocenters. The van der Waals surface area contributed by atoms with E-state index in [0.717, 1.165) is 7.05 Å². The highest BCUT2D eigenvalue weighted by atomic mass is 19.4. The monoisotopic (exact) mass is 325 g/mol. The third-order valence-corrected chi connectivity index (χ3v) is 2.56. The van der Waals surface area contributed by atoms with Gasteiger partial charge in [0.05, 0.1) is 11.1 Å². The van der Waals surface area contributed by atoms with Crippen LogP contribution >= 0.6 is 0 Å². The molecule has 21 heavy (non-hydrogen) atoms. The summed E-state index contributed by atoms with van der Waals surface area (Å²) in [4.78, 5) is 0. The third-order valence-electron chi connectivity index (χ3n) is 2.56. The van der Waals surface area contributed by atoms with E-state index >= 15 is 0 Å². The second-order valence-corrected chi connectivity index (χ2v) is 4.10. The van der Waals surface area contributed by atoms with Crippen LogP contribution in [0.25, 0.3) is 0 Å². The van der Waals surface area contributed by atoms with Crippen molar-refractivity contribution in [2.24, 2.45) is 0 Å². The molecule has 1 N–H and O–H groups in total. The number of hydrogen-bond acceptors (Lipinski definition) is 1. The number of rotatable bonds is 2. The van der Waals surface area contributed by atoms with E-state index in [2.05, 4.69) is 0 Å². The largest absolute Gasteiger partial charge is 0.416 e. The molecule has 120 valence electrons. The van der Waals surface area contributed by atoms with Crippen LogP contribution in [0.1, 0.15) is 22.7 Å². The van der Waals surface area contributed by atoms with E-state index in [0.29, 0.717) is 0 Å². The zero-order valence-electron chi connectivity index (χ0n) is 10.2. The minimum absolute atomic E-state index is 0.0455. The second-order valence-electron chi connectivity index (χ2n) is 4.10. The minimum atomic E-state index is -5.19. The summed E-state index contributed by atoms with van der Waals surface area (Å²) in [6, 6.07) is -2.78. The van der Waals surface area contributed by atoms with Crippen molar-refractivity contribution in [1.29, 1.82) is 0 Å². The number of hydrogen-bond donors (Lipinski definition) is 1. The molecule has 0 aromatic heterocycles. The van der Waals surface area contributed by atoms with Crippen molar-refractivity contribution in [3.8, 4) is 0 Å². The molecule has 0 aliphatic carbocycles. The van der Waals surface area contributed by atoms with E-state index in [4.69, 9.17) is 0 Å². The lowest BCUT2D eigenvalue weighted by atomic mass is 9.99. The van der Waals surface area contributed by atoms with Crippen LogP contribution < -0.4 is 5.32 Å². The van der Waals surface area contributed by atoms with Gasteiger partial charge in [-0.1, -0.05) is 0 Å². The highest BCUT2D eigenvalue weighted by Gasteiger charge is 2.43. The molecule has 1 rings (SSSR count). The third kappa shape index (κ3) is 4.26. The molecule has 0 aliphatic rings. The number of alkyl halides is 9. The maximum absolute atomic E-state index is 12.6. The molecule has 0 fully saturated rings. The van der Waals surface area contributed by atoms with Gasteiger partial charge in [0, 0.05) is 0 Å². The Morgan fingerprint density at radius 2 is 1.14 bits per heavy atom. The van der Waals surface area contributed by atoms with Gasteiger partial charge in [-0.25, -0.2) is 0 Å². The first-order chi connectivity index (χ1) is 9.26. The van der Waals surface area contributed by atoms with Crippen LogP contribution in [-0.2, 0) is 12.4 Å². The van der Waals surface area contributed by atoms with Gasteiger partial charge in [0.1, 0.15) is 6.04 Å². The SMILES string of the molecule is CNC(c1cc(C(F)(F)F)cc(C(F)(F)F)c1)C(F)(F)F. The lowest BCUT2D eigenvalue weighted by molar-refractivity contribution is -0.158. The summed E-state index contributed by atoms with van der Waals surface area (Å²) in [5.41, 5.74) is -4.75. The van der Waals surface area contributed by atoms with Gasteiger partial charge >= 0.3 is 18.5 Å². The van der Waals surface area contributed by atoms with Crippen molar-refractivity contribution in [3.63, 3.8) is 0 Å². The highest BCUT2D eigenvalue weighted by Crippen LogP contribution is 2.40. The van der Waals surface area contributed by atoms with Crippen molar-refractivity contribution in [1.82, 2.24) is 5.32 Å².